The van der Waals surface area contributed by atoms with E-state index in [0.29, 0.717) is 0 Å². The van der Waals surface area contributed by atoms with Gasteiger partial charge in [0.2, 0.25) is 5.91 Å². The van der Waals surface area contributed by atoms with Crippen LogP contribution in [0.1, 0.15) is 42.7 Å². The number of hydrogen-bond donors (Lipinski definition) is 3. The number of fused-ring (bicyclic) bond motifs is 1. The van der Waals surface area contributed by atoms with Crippen LogP contribution in [0.15, 0.2) is 84.9 Å². The Balaban J connectivity index is 0.000000557. The summed E-state index contributed by atoms with van der Waals surface area (Å²) in [6.45, 7) is 4.42. The van der Waals surface area contributed by atoms with E-state index in [4.69, 9.17) is 24.5 Å². The summed E-state index contributed by atoms with van der Waals surface area (Å²) in [7, 11) is 0. The standard InChI is InChI=1S/C30H34N2O2.C2H2O4/c33-30(29(23-9-3-1-4-10-23)24-11-5-2-6-12-24)31-27-15-17-28(18-16-27)34-20-8-19-32-21-25-13-7-14-26(25)22-32;3-1(4)2(5)6/h1-6,9-12,15-18,25-26,29H,7-8,13-14,19-22H2,(H,31,33);(H,3,4)(H,5,6). The average molecular weight is 545 g/mol. The lowest BCUT2D eigenvalue weighted by Crippen LogP contribution is -2.24. The number of ether oxygens (including phenoxy) is 1. The number of carbonyl (C=O) groups excluding carboxylic acids is 1. The summed E-state index contributed by atoms with van der Waals surface area (Å²) < 4.78 is 5.97. The Morgan fingerprint density at radius 3 is 1.82 bits per heavy atom. The molecule has 2 unspecified atom stereocenters. The number of rotatable bonds is 9. The number of amides is 1. The van der Waals surface area contributed by atoms with Crippen LogP contribution in [0.4, 0.5) is 5.69 Å². The molecule has 0 aromatic heterocycles. The maximum atomic E-state index is 13.3. The van der Waals surface area contributed by atoms with E-state index in [9.17, 15) is 4.79 Å². The summed E-state index contributed by atoms with van der Waals surface area (Å²) in [4.78, 5) is 34.1. The summed E-state index contributed by atoms with van der Waals surface area (Å²) in [5.41, 5.74) is 2.73. The maximum Gasteiger partial charge on any atom is 0.414 e. The van der Waals surface area contributed by atoms with Crippen LogP contribution in [0.25, 0.3) is 0 Å². The van der Waals surface area contributed by atoms with Crippen LogP contribution in [0.2, 0.25) is 0 Å². The zero-order chi connectivity index (χ0) is 28.3. The largest absolute Gasteiger partial charge is 0.494 e. The van der Waals surface area contributed by atoms with Gasteiger partial charge in [-0.2, -0.15) is 0 Å². The van der Waals surface area contributed by atoms with Gasteiger partial charge >= 0.3 is 11.9 Å². The maximum absolute atomic E-state index is 13.3. The Kier molecular flexibility index (Phi) is 10.3. The van der Waals surface area contributed by atoms with Gasteiger partial charge in [0.15, 0.2) is 0 Å². The SMILES string of the molecule is O=C(Nc1ccc(OCCCN2CC3CCCC3C2)cc1)C(c1ccccc1)c1ccccc1.O=C(O)C(=O)O. The molecule has 2 atom stereocenters. The van der Waals surface area contributed by atoms with E-state index < -0.39 is 11.9 Å². The van der Waals surface area contributed by atoms with E-state index in [0.717, 1.165) is 54.0 Å². The number of aliphatic carboxylic acids is 2. The van der Waals surface area contributed by atoms with Gasteiger partial charge in [-0.05, 0) is 66.5 Å². The zero-order valence-electron chi connectivity index (χ0n) is 22.4. The lowest BCUT2D eigenvalue weighted by atomic mass is 9.90. The van der Waals surface area contributed by atoms with E-state index in [1.54, 1.807) is 0 Å². The number of carboxylic acids is 2. The molecule has 0 radical (unpaired) electrons. The van der Waals surface area contributed by atoms with Gasteiger partial charge in [-0.25, -0.2) is 9.59 Å². The van der Waals surface area contributed by atoms with Gasteiger partial charge in [0, 0.05) is 25.3 Å². The molecule has 1 heterocycles. The Bertz CT molecular complexity index is 1190. The minimum Gasteiger partial charge on any atom is -0.494 e. The predicted octanol–water partition coefficient (Wildman–Crippen LogP) is 5.11. The number of carbonyl (C=O) groups is 3. The lowest BCUT2D eigenvalue weighted by molar-refractivity contribution is -0.159. The van der Waals surface area contributed by atoms with Crippen LogP contribution in [-0.4, -0.2) is 59.2 Å². The first-order valence-corrected chi connectivity index (χ1v) is 13.7. The Morgan fingerprint density at radius 2 is 1.32 bits per heavy atom. The fourth-order valence-corrected chi connectivity index (χ4v) is 5.63. The van der Waals surface area contributed by atoms with Crippen molar-refractivity contribution in [3.63, 3.8) is 0 Å². The number of anilines is 1. The normalized spacial score (nSPS) is 17.9. The summed E-state index contributed by atoms with van der Waals surface area (Å²) in [6.07, 6.45) is 5.34. The molecule has 1 saturated carbocycles. The van der Waals surface area contributed by atoms with Crippen molar-refractivity contribution in [3.8, 4) is 5.75 Å². The molecule has 210 valence electrons. The minimum atomic E-state index is -1.82. The first kappa shape index (κ1) is 28.8. The Hall–Kier alpha value is -4.17. The fourth-order valence-electron chi connectivity index (χ4n) is 5.63. The number of likely N-dealkylation sites (tertiary alicyclic amines) is 1. The number of benzene rings is 3. The van der Waals surface area contributed by atoms with Gasteiger partial charge in [0.25, 0.3) is 0 Å². The number of carboxylic acid groups (broad SMARTS) is 2. The second-order valence-corrected chi connectivity index (χ2v) is 10.3. The summed E-state index contributed by atoms with van der Waals surface area (Å²) in [5, 5.41) is 17.9. The van der Waals surface area contributed by atoms with Crippen LogP contribution >= 0.6 is 0 Å². The molecule has 3 aromatic rings. The Labute approximate surface area is 234 Å². The van der Waals surface area contributed by atoms with Crippen molar-refractivity contribution in [2.75, 3.05) is 31.6 Å². The van der Waals surface area contributed by atoms with Crippen molar-refractivity contribution in [1.82, 2.24) is 4.90 Å². The van der Waals surface area contributed by atoms with E-state index in [2.05, 4.69) is 10.2 Å². The molecule has 3 aromatic carbocycles. The molecule has 5 rings (SSSR count). The van der Waals surface area contributed by atoms with Crippen LogP contribution in [-0.2, 0) is 14.4 Å². The van der Waals surface area contributed by atoms with Gasteiger partial charge < -0.3 is 25.2 Å². The fraction of sp³-hybridized carbons (Fsp3) is 0.344. The van der Waals surface area contributed by atoms with Crippen LogP contribution in [0.3, 0.4) is 0 Å². The van der Waals surface area contributed by atoms with Crippen molar-refractivity contribution in [3.05, 3.63) is 96.1 Å². The molecule has 3 N–H and O–H groups in total. The number of nitrogens with one attached hydrogen (secondary N) is 1. The highest BCUT2D eigenvalue weighted by atomic mass is 16.5. The number of nitrogens with zero attached hydrogens (tertiary/aromatic N) is 1. The molecular formula is C32H36N2O6. The van der Waals surface area contributed by atoms with E-state index in [1.807, 2.05) is 84.9 Å². The van der Waals surface area contributed by atoms with E-state index >= 15 is 0 Å². The molecule has 1 aliphatic heterocycles. The monoisotopic (exact) mass is 544 g/mol. The second-order valence-electron chi connectivity index (χ2n) is 10.3. The Morgan fingerprint density at radius 1 is 0.800 bits per heavy atom. The molecule has 2 aliphatic rings. The molecule has 2 fully saturated rings. The summed E-state index contributed by atoms with van der Waals surface area (Å²) in [6, 6.07) is 27.6. The molecule has 8 nitrogen and oxygen atoms in total. The molecule has 1 aliphatic carbocycles. The topological polar surface area (TPSA) is 116 Å². The van der Waals surface area contributed by atoms with Crippen molar-refractivity contribution in [2.24, 2.45) is 11.8 Å². The predicted molar refractivity (Wildman–Crippen MR) is 152 cm³/mol. The van der Waals surface area contributed by atoms with E-state index in [1.165, 1.54) is 32.4 Å². The molecule has 40 heavy (non-hydrogen) atoms. The minimum absolute atomic E-state index is 0.0403. The molecule has 0 spiro atoms. The summed E-state index contributed by atoms with van der Waals surface area (Å²) in [5.74, 6) is -1.30. The third kappa shape index (κ3) is 8.16. The first-order valence-electron chi connectivity index (χ1n) is 13.7. The highest BCUT2D eigenvalue weighted by Crippen LogP contribution is 2.37. The van der Waals surface area contributed by atoms with Gasteiger partial charge in [-0.1, -0.05) is 67.1 Å². The third-order valence-electron chi connectivity index (χ3n) is 7.52. The van der Waals surface area contributed by atoms with Gasteiger partial charge in [0.05, 0.1) is 12.5 Å². The van der Waals surface area contributed by atoms with Crippen LogP contribution in [0.5, 0.6) is 5.75 Å². The van der Waals surface area contributed by atoms with Crippen LogP contribution < -0.4 is 10.1 Å². The average Bonchev–Trinajstić information content (AvgIpc) is 3.56. The summed E-state index contributed by atoms with van der Waals surface area (Å²) >= 11 is 0. The molecular weight excluding hydrogens is 508 g/mol. The highest BCUT2D eigenvalue weighted by molar-refractivity contribution is 6.27. The quantitative estimate of drug-likeness (QED) is 0.253. The molecule has 8 heteroatoms. The zero-order valence-corrected chi connectivity index (χ0v) is 22.4. The van der Waals surface area contributed by atoms with Crippen LogP contribution in [0, 0.1) is 11.8 Å². The van der Waals surface area contributed by atoms with E-state index in [-0.39, 0.29) is 11.8 Å². The third-order valence-corrected chi connectivity index (χ3v) is 7.52. The smallest absolute Gasteiger partial charge is 0.414 e. The highest BCUT2D eigenvalue weighted by Gasteiger charge is 2.35. The number of hydrogen-bond acceptors (Lipinski definition) is 5. The first-order chi connectivity index (χ1) is 19.4. The van der Waals surface area contributed by atoms with Gasteiger partial charge in [0.1, 0.15) is 5.75 Å². The van der Waals surface area contributed by atoms with Gasteiger partial charge in [-0.15, -0.1) is 0 Å². The van der Waals surface area contributed by atoms with Crippen molar-refractivity contribution < 1.29 is 29.3 Å². The van der Waals surface area contributed by atoms with Crippen molar-refractivity contribution in [2.45, 2.75) is 31.6 Å². The van der Waals surface area contributed by atoms with Crippen molar-refractivity contribution >= 4 is 23.5 Å². The lowest BCUT2D eigenvalue weighted by Gasteiger charge is -2.18. The molecule has 1 saturated heterocycles. The molecule has 0 bridgehead atoms. The van der Waals surface area contributed by atoms with Crippen molar-refractivity contribution in [1.29, 1.82) is 0 Å². The second kappa shape index (κ2) is 14.3. The van der Waals surface area contributed by atoms with Gasteiger partial charge in [-0.3, -0.25) is 4.79 Å². The molecule has 1 amide bonds.